The van der Waals surface area contributed by atoms with Crippen molar-refractivity contribution in [2.24, 2.45) is 4.99 Å². The number of amides is 1. The van der Waals surface area contributed by atoms with Gasteiger partial charge in [0, 0.05) is 13.3 Å². The number of amidine groups is 1. The zero-order valence-electron chi connectivity index (χ0n) is 22.5. The Morgan fingerprint density at radius 2 is 1.39 bits per heavy atom. The molecule has 4 nitrogen and oxygen atoms in total. The number of unbranched alkanes of at least 4 members (excludes halogenated alkanes) is 14. The Balaban J connectivity index is 1.95. The molecule has 0 saturated carbocycles. The smallest absolute Gasteiger partial charge is 0.217 e. The standard InChI is InChI=1S/C29H55N3O/c1-4-6-7-8-9-10-11-12-13-14-15-16-17-18-19-20-21-22-23-29-31-25-27-32(29,5-2)26-24-30-28(3)33/h16-17H,4-15,18-27H2,1-3H3/p+1/b17-16+. The second-order valence-electron chi connectivity index (χ2n) is 10.1. The van der Waals surface area contributed by atoms with E-state index in [2.05, 4.69) is 31.3 Å². The first-order valence-corrected chi connectivity index (χ1v) is 14.4. The molecule has 0 spiro atoms. The van der Waals surface area contributed by atoms with Crippen molar-refractivity contribution in [3.63, 3.8) is 0 Å². The van der Waals surface area contributed by atoms with Crippen LogP contribution in [0.5, 0.6) is 0 Å². The minimum atomic E-state index is 0.0690. The van der Waals surface area contributed by atoms with Crippen LogP contribution in [0.15, 0.2) is 17.1 Å². The van der Waals surface area contributed by atoms with Crippen LogP contribution in [0.4, 0.5) is 0 Å². The summed E-state index contributed by atoms with van der Waals surface area (Å²) >= 11 is 0. The Hall–Kier alpha value is -1.16. The lowest BCUT2D eigenvalue weighted by Gasteiger charge is -2.33. The summed E-state index contributed by atoms with van der Waals surface area (Å²) < 4.78 is 0.988. The average Bonchev–Trinajstić information content (AvgIpc) is 3.21. The summed E-state index contributed by atoms with van der Waals surface area (Å²) in [6.07, 6.45) is 27.9. The number of carbonyl (C=O) groups is 1. The van der Waals surface area contributed by atoms with Crippen LogP contribution in [-0.2, 0) is 4.79 Å². The van der Waals surface area contributed by atoms with E-state index in [0.29, 0.717) is 0 Å². The van der Waals surface area contributed by atoms with Gasteiger partial charge in [0.25, 0.3) is 0 Å². The first-order valence-electron chi connectivity index (χ1n) is 14.4. The average molecular weight is 463 g/mol. The number of carbonyl (C=O) groups excluding carboxylic acids is 1. The highest BCUT2D eigenvalue weighted by atomic mass is 16.1. The van der Waals surface area contributed by atoms with Crippen LogP contribution >= 0.6 is 0 Å². The molecule has 0 radical (unpaired) electrons. The third kappa shape index (κ3) is 14.7. The SMILES string of the molecule is CCCCCCCCCCCC/C=C/CCCCCCC1=NCC[N+]1(CC)CCNC(C)=O. The Bertz CT molecular complexity index is 543. The second kappa shape index (κ2) is 20.2. The summed E-state index contributed by atoms with van der Waals surface area (Å²) in [5.41, 5.74) is 0. The minimum absolute atomic E-state index is 0.0690. The van der Waals surface area contributed by atoms with Gasteiger partial charge in [-0.1, -0.05) is 89.7 Å². The van der Waals surface area contributed by atoms with Crippen molar-refractivity contribution in [3.8, 4) is 0 Å². The monoisotopic (exact) mass is 462 g/mol. The van der Waals surface area contributed by atoms with Gasteiger partial charge in [-0.2, -0.15) is 0 Å². The van der Waals surface area contributed by atoms with Crippen molar-refractivity contribution in [2.45, 2.75) is 130 Å². The number of aliphatic imine (C=N–C) groups is 1. The number of nitrogens with one attached hydrogen (secondary N) is 1. The zero-order chi connectivity index (χ0) is 24.0. The maximum absolute atomic E-state index is 11.2. The van der Waals surface area contributed by atoms with E-state index in [0.717, 1.165) is 43.6 Å². The summed E-state index contributed by atoms with van der Waals surface area (Å²) in [5, 5.41) is 2.96. The highest BCUT2D eigenvalue weighted by molar-refractivity contribution is 5.77. The Morgan fingerprint density at radius 1 is 0.848 bits per heavy atom. The molecule has 33 heavy (non-hydrogen) atoms. The first kappa shape index (κ1) is 29.9. The quantitative estimate of drug-likeness (QED) is 0.101. The van der Waals surface area contributed by atoms with Crippen LogP contribution in [0.25, 0.3) is 0 Å². The van der Waals surface area contributed by atoms with E-state index >= 15 is 0 Å². The molecular weight excluding hydrogens is 406 g/mol. The van der Waals surface area contributed by atoms with Gasteiger partial charge < -0.3 is 5.32 Å². The summed E-state index contributed by atoms with van der Waals surface area (Å²) in [4.78, 5) is 16.0. The third-order valence-corrected chi connectivity index (χ3v) is 7.30. The van der Waals surface area contributed by atoms with E-state index in [4.69, 9.17) is 4.99 Å². The van der Waals surface area contributed by atoms with Gasteiger partial charge in [-0.3, -0.25) is 9.28 Å². The molecule has 0 aromatic carbocycles. The third-order valence-electron chi connectivity index (χ3n) is 7.30. The van der Waals surface area contributed by atoms with E-state index in [1.807, 2.05) is 0 Å². The molecule has 1 atom stereocenters. The summed E-state index contributed by atoms with van der Waals surface area (Å²) in [7, 11) is 0. The van der Waals surface area contributed by atoms with E-state index in [1.165, 1.54) is 109 Å². The van der Waals surface area contributed by atoms with Gasteiger partial charge in [0.1, 0.15) is 13.1 Å². The molecule has 1 aliphatic heterocycles. The molecule has 0 aliphatic carbocycles. The van der Waals surface area contributed by atoms with E-state index in [1.54, 1.807) is 6.92 Å². The predicted molar refractivity (Wildman–Crippen MR) is 145 cm³/mol. The molecular formula is C29H56N3O+. The van der Waals surface area contributed by atoms with Crippen molar-refractivity contribution < 1.29 is 9.28 Å². The lowest BCUT2D eigenvalue weighted by Crippen LogP contribution is -2.54. The van der Waals surface area contributed by atoms with Crippen molar-refractivity contribution >= 4 is 11.7 Å². The van der Waals surface area contributed by atoms with Crippen molar-refractivity contribution in [1.29, 1.82) is 0 Å². The lowest BCUT2D eigenvalue weighted by atomic mass is 10.1. The van der Waals surface area contributed by atoms with Crippen LogP contribution in [0.3, 0.4) is 0 Å². The molecule has 0 bridgehead atoms. The van der Waals surface area contributed by atoms with Gasteiger partial charge in [0.05, 0.1) is 19.6 Å². The molecule has 1 amide bonds. The molecule has 0 saturated heterocycles. The zero-order valence-corrected chi connectivity index (χ0v) is 22.5. The molecule has 192 valence electrons. The molecule has 0 aromatic rings. The maximum Gasteiger partial charge on any atom is 0.217 e. The number of likely N-dealkylation sites (N-methyl/N-ethyl adjacent to an activating group) is 1. The molecule has 0 aromatic heterocycles. The van der Waals surface area contributed by atoms with Gasteiger partial charge in [0.2, 0.25) is 5.91 Å². The largest absolute Gasteiger partial charge is 0.351 e. The molecule has 0 fully saturated rings. The Morgan fingerprint density at radius 3 is 1.94 bits per heavy atom. The van der Waals surface area contributed by atoms with Crippen molar-refractivity contribution in [2.75, 3.05) is 32.7 Å². The number of hydrogen-bond donors (Lipinski definition) is 1. The molecule has 1 heterocycles. The molecule has 1 N–H and O–H groups in total. The van der Waals surface area contributed by atoms with Gasteiger partial charge >= 0.3 is 0 Å². The van der Waals surface area contributed by atoms with Crippen LogP contribution < -0.4 is 5.32 Å². The van der Waals surface area contributed by atoms with E-state index < -0.39 is 0 Å². The highest BCUT2D eigenvalue weighted by Crippen LogP contribution is 2.20. The van der Waals surface area contributed by atoms with Crippen molar-refractivity contribution in [3.05, 3.63) is 12.2 Å². The maximum atomic E-state index is 11.2. The van der Waals surface area contributed by atoms with Gasteiger partial charge in [-0.05, 0) is 39.0 Å². The van der Waals surface area contributed by atoms with E-state index in [9.17, 15) is 4.79 Å². The lowest BCUT2D eigenvalue weighted by molar-refractivity contribution is -0.833. The Kier molecular flexibility index (Phi) is 18.3. The fourth-order valence-electron chi connectivity index (χ4n) is 5.04. The summed E-state index contributed by atoms with van der Waals surface area (Å²) in [5.74, 6) is 1.44. The number of allylic oxidation sites excluding steroid dienone is 2. The van der Waals surface area contributed by atoms with Crippen LogP contribution in [0.1, 0.15) is 130 Å². The van der Waals surface area contributed by atoms with Crippen molar-refractivity contribution in [1.82, 2.24) is 5.32 Å². The first-order chi connectivity index (χ1) is 16.1. The predicted octanol–water partition coefficient (Wildman–Crippen LogP) is 7.58. The summed E-state index contributed by atoms with van der Waals surface area (Å²) in [6, 6.07) is 0. The highest BCUT2D eigenvalue weighted by Gasteiger charge is 2.35. The van der Waals surface area contributed by atoms with Crippen LogP contribution in [0, 0.1) is 0 Å². The Labute approximate surface area is 206 Å². The number of hydrogen-bond acceptors (Lipinski definition) is 2. The topological polar surface area (TPSA) is 41.5 Å². The van der Waals surface area contributed by atoms with Gasteiger partial charge in [0.15, 0.2) is 5.84 Å². The fraction of sp³-hybridized carbons (Fsp3) is 0.862. The molecule has 1 aliphatic rings. The molecule has 4 heteroatoms. The fourth-order valence-corrected chi connectivity index (χ4v) is 5.04. The van der Waals surface area contributed by atoms with Gasteiger partial charge in [-0.15, -0.1) is 0 Å². The minimum Gasteiger partial charge on any atom is -0.351 e. The molecule has 1 unspecified atom stereocenters. The summed E-state index contributed by atoms with van der Waals surface area (Å²) in [6.45, 7) is 11.0. The number of quaternary nitrogens is 1. The molecule has 1 rings (SSSR count). The number of rotatable bonds is 22. The number of nitrogens with zero attached hydrogens (tertiary/aromatic N) is 2. The van der Waals surface area contributed by atoms with Crippen LogP contribution in [0.2, 0.25) is 0 Å². The second-order valence-corrected chi connectivity index (χ2v) is 10.1. The van der Waals surface area contributed by atoms with Gasteiger partial charge in [-0.25, -0.2) is 4.99 Å². The van der Waals surface area contributed by atoms with Crippen LogP contribution in [-0.4, -0.2) is 48.9 Å². The normalized spacial score (nSPS) is 18.2. The van der Waals surface area contributed by atoms with E-state index in [-0.39, 0.29) is 5.91 Å².